The summed E-state index contributed by atoms with van der Waals surface area (Å²) in [6, 6.07) is 0.772. The maximum Gasteiger partial charge on any atom is 0.00388 e. The molecule has 0 radical (unpaired) electrons. The first kappa shape index (κ1) is 11.4. The number of fused-ring (bicyclic) bond motifs is 1. The lowest BCUT2D eigenvalue weighted by Crippen LogP contribution is -2.31. The Morgan fingerprint density at radius 3 is 2.13 bits per heavy atom. The predicted octanol–water partition coefficient (Wildman–Crippen LogP) is 3.40. The van der Waals surface area contributed by atoms with Crippen LogP contribution in [-0.2, 0) is 0 Å². The second-order valence-corrected chi connectivity index (χ2v) is 6.36. The van der Waals surface area contributed by atoms with Crippen molar-refractivity contribution in [1.82, 2.24) is 4.90 Å². The Hall–Kier alpha value is -0.0400. The molecule has 1 heteroatoms. The van der Waals surface area contributed by atoms with Crippen molar-refractivity contribution >= 4 is 0 Å². The minimum absolute atomic E-state index is 0.772. The summed E-state index contributed by atoms with van der Waals surface area (Å²) in [6.45, 7) is 12.1. The number of hydrogen-bond donors (Lipinski definition) is 0. The van der Waals surface area contributed by atoms with E-state index in [1.807, 2.05) is 0 Å². The fourth-order valence-corrected chi connectivity index (χ4v) is 3.29. The third kappa shape index (κ3) is 2.55. The Bertz CT molecular complexity index is 197. The highest BCUT2D eigenvalue weighted by atomic mass is 15.2. The molecule has 1 heterocycles. The van der Waals surface area contributed by atoms with Crippen molar-refractivity contribution in [3.63, 3.8) is 0 Å². The van der Waals surface area contributed by atoms with Crippen molar-refractivity contribution in [3.8, 4) is 0 Å². The van der Waals surface area contributed by atoms with Gasteiger partial charge >= 0.3 is 0 Å². The van der Waals surface area contributed by atoms with E-state index < -0.39 is 0 Å². The van der Waals surface area contributed by atoms with E-state index >= 15 is 0 Å². The van der Waals surface area contributed by atoms with Crippen molar-refractivity contribution in [3.05, 3.63) is 0 Å². The number of likely N-dealkylation sites (tertiary alicyclic amines) is 1. The van der Waals surface area contributed by atoms with E-state index in [4.69, 9.17) is 0 Å². The summed E-state index contributed by atoms with van der Waals surface area (Å²) in [5, 5.41) is 0. The smallest absolute Gasteiger partial charge is 0.00388 e. The molecule has 2 rings (SSSR count). The van der Waals surface area contributed by atoms with E-state index in [9.17, 15) is 0 Å². The molecule has 0 bridgehead atoms. The lowest BCUT2D eigenvalue weighted by atomic mass is 10.0. The van der Waals surface area contributed by atoms with Gasteiger partial charge < -0.3 is 4.90 Å². The van der Waals surface area contributed by atoms with Gasteiger partial charge in [-0.2, -0.15) is 0 Å². The molecule has 1 aliphatic heterocycles. The average molecular weight is 209 g/mol. The van der Waals surface area contributed by atoms with Crippen LogP contribution in [0.3, 0.4) is 0 Å². The number of piperidine rings is 1. The molecule has 0 N–H and O–H groups in total. The van der Waals surface area contributed by atoms with Crippen molar-refractivity contribution in [1.29, 1.82) is 0 Å². The number of rotatable bonds is 5. The SMILES string of the molecule is CC(C)CCCC1[C@H]2CN(C(C)C)C[C@@H]12. The predicted molar refractivity (Wildman–Crippen MR) is 65.9 cm³/mol. The minimum Gasteiger partial charge on any atom is -0.300 e. The first-order chi connectivity index (χ1) is 7.09. The normalized spacial score (nSPS) is 35.2. The van der Waals surface area contributed by atoms with Gasteiger partial charge in [-0.15, -0.1) is 0 Å². The van der Waals surface area contributed by atoms with Gasteiger partial charge in [0, 0.05) is 19.1 Å². The van der Waals surface area contributed by atoms with E-state index in [0.29, 0.717) is 0 Å². The molecule has 0 aromatic carbocycles. The summed E-state index contributed by atoms with van der Waals surface area (Å²) in [7, 11) is 0. The van der Waals surface area contributed by atoms with Crippen LogP contribution >= 0.6 is 0 Å². The topological polar surface area (TPSA) is 3.24 Å². The molecule has 1 unspecified atom stereocenters. The minimum atomic E-state index is 0.772. The maximum atomic E-state index is 2.66. The molecule has 0 aromatic heterocycles. The van der Waals surface area contributed by atoms with Gasteiger partial charge in [0.1, 0.15) is 0 Å². The van der Waals surface area contributed by atoms with E-state index in [0.717, 1.165) is 29.7 Å². The number of hydrogen-bond acceptors (Lipinski definition) is 1. The van der Waals surface area contributed by atoms with Gasteiger partial charge in [-0.3, -0.25) is 0 Å². The standard InChI is InChI=1S/C14H27N/c1-10(2)6-5-7-12-13-8-15(11(3)4)9-14(12)13/h10-14H,5-9H2,1-4H3/t12?,13-,14+. The van der Waals surface area contributed by atoms with Gasteiger partial charge in [0.2, 0.25) is 0 Å². The summed E-state index contributed by atoms with van der Waals surface area (Å²) in [6.07, 6.45) is 4.42. The molecule has 2 fully saturated rings. The Balaban J connectivity index is 1.62. The highest BCUT2D eigenvalue weighted by molar-refractivity contribution is 5.05. The summed E-state index contributed by atoms with van der Waals surface area (Å²) >= 11 is 0. The Labute approximate surface area is 95.2 Å². The van der Waals surface area contributed by atoms with Crippen molar-refractivity contribution in [2.75, 3.05) is 13.1 Å². The van der Waals surface area contributed by atoms with Gasteiger partial charge in [-0.1, -0.05) is 26.7 Å². The first-order valence-corrected chi connectivity index (χ1v) is 6.83. The Morgan fingerprint density at radius 2 is 1.67 bits per heavy atom. The summed E-state index contributed by atoms with van der Waals surface area (Å²) in [5.74, 6) is 4.17. The monoisotopic (exact) mass is 209 g/mol. The van der Waals surface area contributed by atoms with Crippen LogP contribution in [0.15, 0.2) is 0 Å². The first-order valence-electron chi connectivity index (χ1n) is 6.83. The second kappa shape index (κ2) is 4.45. The second-order valence-electron chi connectivity index (χ2n) is 6.36. The van der Waals surface area contributed by atoms with Crippen molar-refractivity contribution in [2.45, 2.75) is 53.0 Å². The van der Waals surface area contributed by atoms with Crippen LogP contribution in [0, 0.1) is 23.7 Å². The Morgan fingerprint density at radius 1 is 1.07 bits per heavy atom. The summed E-state index contributed by atoms with van der Waals surface area (Å²) in [4.78, 5) is 2.66. The molecular formula is C14H27N. The summed E-state index contributed by atoms with van der Waals surface area (Å²) in [5.41, 5.74) is 0. The van der Waals surface area contributed by atoms with Gasteiger partial charge in [0.05, 0.1) is 0 Å². The lowest BCUT2D eigenvalue weighted by Gasteiger charge is -2.23. The van der Waals surface area contributed by atoms with E-state index in [-0.39, 0.29) is 0 Å². The maximum absolute atomic E-state index is 2.66. The van der Waals surface area contributed by atoms with E-state index in [2.05, 4.69) is 32.6 Å². The van der Waals surface area contributed by atoms with Gasteiger partial charge in [-0.25, -0.2) is 0 Å². The Kier molecular flexibility index (Phi) is 3.39. The molecule has 88 valence electrons. The molecule has 1 aliphatic carbocycles. The number of nitrogens with zero attached hydrogens (tertiary/aromatic N) is 1. The lowest BCUT2D eigenvalue weighted by molar-refractivity contribution is 0.230. The third-order valence-corrected chi connectivity index (χ3v) is 4.45. The fourth-order valence-electron chi connectivity index (χ4n) is 3.29. The van der Waals surface area contributed by atoms with Crippen LogP contribution < -0.4 is 0 Å². The quantitative estimate of drug-likeness (QED) is 0.671. The van der Waals surface area contributed by atoms with Gasteiger partial charge in [0.25, 0.3) is 0 Å². The zero-order chi connectivity index (χ0) is 11.0. The largest absolute Gasteiger partial charge is 0.300 e. The van der Waals surface area contributed by atoms with E-state index in [1.54, 1.807) is 0 Å². The molecule has 1 nitrogen and oxygen atoms in total. The zero-order valence-corrected chi connectivity index (χ0v) is 10.9. The highest BCUT2D eigenvalue weighted by Crippen LogP contribution is 2.54. The molecule has 0 amide bonds. The van der Waals surface area contributed by atoms with Crippen LogP contribution in [-0.4, -0.2) is 24.0 Å². The molecule has 15 heavy (non-hydrogen) atoms. The molecular weight excluding hydrogens is 182 g/mol. The van der Waals surface area contributed by atoms with Crippen LogP contribution in [0.25, 0.3) is 0 Å². The van der Waals surface area contributed by atoms with Gasteiger partial charge in [-0.05, 0) is 43.9 Å². The van der Waals surface area contributed by atoms with Crippen LogP contribution in [0.5, 0.6) is 0 Å². The molecule has 2 aliphatic rings. The fraction of sp³-hybridized carbons (Fsp3) is 1.00. The molecule has 1 saturated carbocycles. The third-order valence-electron chi connectivity index (χ3n) is 4.45. The van der Waals surface area contributed by atoms with Crippen molar-refractivity contribution in [2.24, 2.45) is 23.7 Å². The zero-order valence-electron chi connectivity index (χ0n) is 10.9. The summed E-state index contributed by atoms with van der Waals surface area (Å²) < 4.78 is 0. The van der Waals surface area contributed by atoms with E-state index in [1.165, 1.54) is 32.4 Å². The highest BCUT2D eigenvalue weighted by Gasteiger charge is 2.54. The molecule has 3 atom stereocenters. The molecule has 0 aromatic rings. The van der Waals surface area contributed by atoms with Crippen molar-refractivity contribution < 1.29 is 0 Å². The van der Waals surface area contributed by atoms with Crippen LogP contribution in [0.4, 0.5) is 0 Å². The van der Waals surface area contributed by atoms with Crippen LogP contribution in [0.2, 0.25) is 0 Å². The molecule has 0 spiro atoms. The van der Waals surface area contributed by atoms with Gasteiger partial charge in [0.15, 0.2) is 0 Å². The van der Waals surface area contributed by atoms with Crippen LogP contribution in [0.1, 0.15) is 47.0 Å². The molecule has 1 saturated heterocycles. The average Bonchev–Trinajstić information content (AvgIpc) is 2.59.